The van der Waals surface area contributed by atoms with Gasteiger partial charge in [0.05, 0.1) is 18.1 Å². The standard InChI is InChI=1S/C26H35F2N7O5/c1-25(2,3)40-24(39)34-10-8-18(26(27,28)15-34)32-11-13-33(14-12-32)21-20-16(7-9-29-21)35(23(38)31(20)4)17-5-6-19(36)30-22(17)37/h7,9,17-18H,5-6,8,10-15H2,1-4H3,(H,30,36,37)/t17?,18-/m0/s1. The molecule has 3 aliphatic rings. The van der Waals surface area contributed by atoms with E-state index in [0.29, 0.717) is 43.0 Å². The topological polar surface area (TPSA) is 122 Å². The second-order valence-electron chi connectivity index (χ2n) is 11.7. The maximum Gasteiger partial charge on any atom is 0.410 e. The van der Waals surface area contributed by atoms with Gasteiger partial charge in [0.25, 0.3) is 5.92 Å². The monoisotopic (exact) mass is 563 g/mol. The van der Waals surface area contributed by atoms with Crippen molar-refractivity contribution in [3.8, 4) is 0 Å². The lowest BCUT2D eigenvalue weighted by atomic mass is 9.98. The van der Waals surface area contributed by atoms with Crippen molar-refractivity contribution >= 4 is 34.8 Å². The van der Waals surface area contributed by atoms with E-state index in [0.717, 1.165) is 4.90 Å². The van der Waals surface area contributed by atoms with Crippen molar-refractivity contribution in [1.82, 2.24) is 29.2 Å². The van der Waals surface area contributed by atoms with Crippen LogP contribution in [0.4, 0.5) is 19.4 Å². The molecule has 3 fully saturated rings. The Hall–Kier alpha value is -3.55. The van der Waals surface area contributed by atoms with Gasteiger partial charge in [-0.25, -0.2) is 23.4 Å². The van der Waals surface area contributed by atoms with Gasteiger partial charge in [-0.15, -0.1) is 0 Å². The molecule has 14 heteroatoms. The molecule has 218 valence electrons. The van der Waals surface area contributed by atoms with Crippen LogP contribution in [0.2, 0.25) is 0 Å². The van der Waals surface area contributed by atoms with Crippen LogP contribution in [0.1, 0.15) is 46.1 Å². The lowest BCUT2D eigenvalue weighted by Crippen LogP contribution is -2.62. The molecule has 3 saturated heterocycles. The number of amides is 3. The number of likely N-dealkylation sites (tertiary alicyclic amines) is 1. The smallest absolute Gasteiger partial charge is 0.410 e. The van der Waals surface area contributed by atoms with Crippen molar-refractivity contribution in [2.75, 3.05) is 44.2 Å². The molecule has 0 aliphatic carbocycles. The first kappa shape index (κ1) is 28.0. The summed E-state index contributed by atoms with van der Waals surface area (Å²) in [5, 5.41) is 2.30. The number of halogens is 2. The zero-order chi connectivity index (χ0) is 29.0. The highest BCUT2D eigenvalue weighted by molar-refractivity contribution is 6.00. The van der Waals surface area contributed by atoms with E-state index in [-0.39, 0.29) is 31.7 Å². The number of fused-ring (bicyclic) bond motifs is 1. The van der Waals surface area contributed by atoms with E-state index in [1.165, 1.54) is 9.13 Å². The minimum Gasteiger partial charge on any atom is -0.444 e. The van der Waals surface area contributed by atoms with Crippen LogP contribution >= 0.6 is 0 Å². The third-order valence-corrected chi connectivity index (χ3v) is 7.76. The zero-order valence-electron chi connectivity index (χ0n) is 23.2. The van der Waals surface area contributed by atoms with Crippen LogP contribution in [0.3, 0.4) is 0 Å². The number of nitrogens with zero attached hydrogens (tertiary/aromatic N) is 6. The van der Waals surface area contributed by atoms with Gasteiger partial charge in [-0.1, -0.05) is 0 Å². The number of carbonyl (C=O) groups is 3. The Morgan fingerprint density at radius 3 is 2.42 bits per heavy atom. The number of imide groups is 1. The summed E-state index contributed by atoms with van der Waals surface area (Å²) in [5.74, 6) is -3.44. The Morgan fingerprint density at radius 1 is 1.10 bits per heavy atom. The first-order valence-corrected chi connectivity index (χ1v) is 13.5. The molecule has 0 radical (unpaired) electrons. The Balaban J connectivity index is 1.31. The Bertz CT molecular complexity index is 1390. The Labute approximate surface area is 229 Å². The van der Waals surface area contributed by atoms with Crippen molar-refractivity contribution in [2.45, 2.75) is 63.6 Å². The number of pyridine rings is 1. The van der Waals surface area contributed by atoms with E-state index in [9.17, 15) is 19.2 Å². The van der Waals surface area contributed by atoms with Crippen molar-refractivity contribution in [2.24, 2.45) is 7.05 Å². The first-order valence-electron chi connectivity index (χ1n) is 13.5. The van der Waals surface area contributed by atoms with Crippen LogP contribution < -0.4 is 15.9 Å². The summed E-state index contributed by atoms with van der Waals surface area (Å²) < 4.78 is 38.6. The van der Waals surface area contributed by atoms with Gasteiger partial charge in [0.15, 0.2) is 5.82 Å². The van der Waals surface area contributed by atoms with Crippen LogP contribution in [0.25, 0.3) is 11.0 Å². The van der Waals surface area contributed by atoms with Gasteiger partial charge in [0.2, 0.25) is 11.8 Å². The number of nitrogens with one attached hydrogen (secondary N) is 1. The summed E-state index contributed by atoms with van der Waals surface area (Å²) in [4.78, 5) is 59.1. The number of piperidine rings is 2. The molecule has 0 spiro atoms. The fourth-order valence-electron chi connectivity index (χ4n) is 5.88. The third-order valence-electron chi connectivity index (χ3n) is 7.76. The third kappa shape index (κ3) is 5.16. The van der Waals surface area contributed by atoms with Gasteiger partial charge in [0, 0.05) is 52.4 Å². The highest BCUT2D eigenvalue weighted by Crippen LogP contribution is 2.34. The number of hydrogen-bond donors (Lipinski definition) is 1. The molecule has 0 bridgehead atoms. The quantitative estimate of drug-likeness (QED) is 0.558. The maximum absolute atomic E-state index is 15.2. The number of carbonyl (C=O) groups excluding carboxylic acids is 3. The molecule has 1 N–H and O–H groups in total. The molecular weight excluding hydrogens is 528 g/mol. The van der Waals surface area contributed by atoms with Crippen molar-refractivity contribution in [3.05, 3.63) is 22.7 Å². The zero-order valence-corrected chi connectivity index (χ0v) is 23.2. The first-order chi connectivity index (χ1) is 18.8. The van der Waals surface area contributed by atoms with Crippen LogP contribution in [0.15, 0.2) is 17.1 Å². The molecule has 2 atom stereocenters. The molecular formula is C26H35F2N7O5. The predicted octanol–water partition coefficient (Wildman–Crippen LogP) is 1.48. The molecule has 12 nitrogen and oxygen atoms in total. The number of anilines is 1. The average Bonchev–Trinajstić information content (AvgIpc) is 3.12. The van der Waals surface area contributed by atoms with Crippen LogP contribution in [-0.4, -0.2) is 98.7 Å². The molecule has 5 heterocycles. The molecule has 1 unspecified atom stereocenters. The highest BCUT2D eigenvalue weighted by Gasteiger charge is 2.49. The summed E-state index contributed by atoms with van der Waals surface area (Å²) in [7, 11) is 1.60. The van der Waals surface area contributed by atoms with Crippen molar-refractivity contribution < 1.29 is 27.9 Å². The summed E-state index contributed by atoms with van der Waals surface area (Å²) in [6.07, 6.45) is 1.32. The fraction of sp³-hybridized carbons (Fsp3) is 0.654. The maximum atomic E-state index is 15.2. The summed E-state index contributed by atoms with van der Waals surface area (Å²) in [6, 6.07) is -0.149. The second-order valence-corrected chi connectivity index (χ2v) is 11.7. The van der Waals surface area contributed by atoms with E-state index in [1.807, 2.05) is 4.90 Å². The van der Waals surface area contributed by atoms with Gasteiger partial charge in [-0.05, 0) is 39.7 Å². The predicted molar refractivity (Wildman–Crippen MR) is 141 cm³/mol. The second kappa shape index (κ2) is 10.1. The molecule has 2 aromatic heterocycles. The molecule has 5 rings (SSSR count). The number of rotatable bonds is 3. The van der Waals surface area contributed by atoms with E-state index in [1.54, 1.807) is 45.0 Å². The molecule has 0 aromatic carbocycles. The van der Waals surface area contributed by atoms with E-state index < -0.39 is 47.8 Å². The average molecular weight is 564 g/mol. The van der Waals surface area contributed by atoms with Gasteiger partial charge < -0.3 is 14.5 Å². The molecule has 3 aliphatic heterocycles. The minimum atomic E-state index is -3.10. The van der Waals surface area contributed by atoms with Crippen molar-refractivity contribution in [1.29, 1.82) is 0 Å². The molecule has 2 aromatic rings. The number of alkyl halides is 2. The van der Waals surface area contributed by atoms with Gasteiger partial charge in [-0.3, -0.25) is 28.9 Å². The van der Waals surface area contributed by atoms with Gasteiger partial charge in [-0.2, -0.15) is 0 Å². The summed E-state index contributed by atoms with van der Waals surface area (Å²) >= 11 is 0. The fourth-order valence-corrected chi connectivity index (χ4v) is 5.88. The van der Waals surface area contributed by atoms with E-state index in [2.05, 4.69) is 10.3 Å². The molecule has 40 heavy (non-hydrogen) atoms. The lowest BCUT2D eigenvalue weighted by Gasteiger charge is -2.46. The largest absolute Gasteiger partial charge is 0.444 e. The van der Waals surface area contributed by atoms with Crippen LogP contribution in [0.5, 0.6) is 0 Å². The number of aryl methyl sites for hydroxylation is 1. The number of imidazole rings is 1. The van der Waals surface area contributed by atoms with Crippen LogP contribution in [0, 0.1) is 0 Å². The van der Waals surface area contributed by atoms with Crippen LogP contribution in [-0.2, 0) is 21.4 Å². The van der Waals surface area contributed by atoms with E-state index >= 15 is 8.78 Å². The summed E-state index contributed by atoms with van der Waals surface area (Å²) in [6.45, 7) is 6.12. The van der Waals surface area contributed by atoms with Crippen molar-refractivity contribution in [3.63, 3.8) is 0 Å². The summed E-state index contributed by atoms with van der Waals surface area (Å²) in [5.41, 5.74) is -0.0890. The Kier molecular flexibility index (Phi) is 7.09. The minimum absolute atomic E-state index is 0.128. The highest BCUT2D eigenvalue weighted by atomic mass is 19.3. The SMILES string of the molecule is Cn1c(=O)n(C2CCC(=O)NC2=O)c2ccnc(N3CCN([C@H]4CCN(C(=O)OC(C)(C)C)CC4(F)F)CC3)c21. The van der Waals surface area contributed by atoms with Gasteiger partial charge >= 0.3 is 11.8 Å². The number of aromatic nitrogens is 3. The lowest BCUT2D eigenvalue weighted by molar-refractivity contribution is -0.135. The molecule has 3 amide bonds. The number of piperazine rings is 1. The molecule has 0 saturated carbocycles. The van der Waals surface area contributed by atoms with Gasteiger partial charge in [0.1, 0.15) is 17.2 Å². The normalized spacial score (nSPS) is 24.4. The van der Waals surface area contributed by atoms with E-state index in [4.69, 9.17) is 4.74 Å². The number of ether oxygens (including phenoxy) is 1. The number of hydrogen-bond acceptors (Lipinski definition) is 8. The Morgan fingerprint density at radius 2 is 1.80 bits per heavy atom.